The maximum absolute atomic E-state index is 8.92. The van der Waals surface area contributed by atoms with Crippen LogP contribution in [0.1, 0.15) is 36.5 Å². The lowest BCUT2D eigenvalue weighted by Crippen LogP contribution is -1.97. The number of aromatic nitrogens is 1. The molecule has 0 spiro atoms. The topological polar surface area (TPSA) is 36.7 Å². The Bertz CT molecular complexity index is 425. The van der Waals surface area contributed by atoms with Gasteiger partial charge < -0.3 is 0 Å². The van der Waals surface area contributed by atoms with Gasteiger partial charge in [-0.25, -0.2) is 0 Å². The highest BCUT2D eigenvalue weighted by Crippen LogP contribution is 2.23. The Morgan fingerprint density at radius 1 is 1.53 bits per heavy atom. The van der Waals surface area contributed by atoms with Gasteiger partial charge in [-0.05, 0) is 30.5 Å². The van der Waals surface area contributed by atoms with E-state index in [1.807, 2.05) is 26.0 Å². The lowest BCUT2D eigenvalue weighted by molar-refractivity contribution is 0.961. The first-order valence-corrected chi connectivity index (χ1v) is 4.87. The summed E-state index contributed by atoms with van der Waals surface area (Å²) in [5.41, 5.74) is 2.96. The quantitative estimate of drug-likeness (QED) is 0.746. The summed E-state index contributed by atoms with van der Waals surface area (Å²) >= 11 is 0. The van der Waals surface area contributed by atoms with Crippen molar-refractivity contribution in [3.63, 3.8) is 0 Å². The zero-order valence-electron chi connectivity index (χ0n) is 9.07. The third-order valence-corrected chi connectivity index (χ3v) is 2.26. The lowest BCUT2D eigenvalue weighted by Gasteiger charge is -2.09. The Morgan fingerprint density at radius 3 is 2.80 bits per heavy atom. The second-order valence-corrected chi connectivity index (χ2v) is 3.29. The molecular formula is C13H14N2. The van der Waals surface area contributed by atoms with E-state index in [1.54, 1.807) is 18.5 Å². The molecule has 0 fully saturated rings. The molecule has 2 heteroatoms. The van der Waals surface area contributed by atoms with Crippen molar-refractivity contribution in [2.24, 2.45) is 0 Å². The molecule has 0 amide bonds. The van der Waals surface area contributed by atoms with Gasteiger partial charge in [0.2, 0.25) is 0 Å². The van der Waals surface area contributed by atoms with E-state index in [0.717, 1.165) is 16.7 Å². The van der Waals surface area contributed by atoms with Crippen LogP contribution < -0.4 is 0 Å². The van der Waals surface area contributed by atoms with Crippen LogP contribution in [0.15, 0.2) is 25.0 Å². The minimum atomic E-state index is -0.149. The molecule has 1 heterocycles. The number of nitriles is 1. The van der Waals surface area contributed by atoms with Crippen LogP contribution in [0.5, 0.6) is 0 Å². The first-order chi connectivity index (χ1) is 7.24. The number of allylic oxidation sites excluding steroid dienone is 1. The van der Waals surface area contributed by atoms with Crippen LogP contribution in [0, 0.1) is 11.3 Å². The molecule has 76 valence electrons. The van der Waals surface area contributed by atoms with E-state index in [4.69, 9.17) is 5.26 Å². The standard InChI is InChI=1S/C13H14N2/c1-4-6-12-11(5-2)8-15-9-13(12)10(3)7-14/h4-6,8-10H,2H2,1,3H3/b6-4-. The van der Waals surface area contributed by atoms with Crippen molar-refractivity contribution in [3.05, 3.63) is 41.7 Å². The number of hydrogen-bond donors (Lipinski definition) is 0. The van der Waals surface area contributed by atoms with Crippen LogP contribution in [0.2, 0.25) is 0 Å². The highest BCUT2D eigenvalue weighted by molar-refractivity contribution is 5.67. The molecule has 0 bridgehead atoms. The van der Waals surface area contributed by atoms with Gasteiger partial charge in [-0.3, -0.25) is 4.98 Å². The van der Waals surface area contributed by atoms with E-state index >= 15 is 0 Å². The summed E-state index contributed by atoms with van der Waals surface area (Å²) in [5.74, 6) is -0.149. The molecule has 1 aromatic heterocycles. The van der Waals surface area contributed by atoms with Gasteiger partial charge in [0.1, 0.15) is 0 Å². The van der Waals surface area contributed by atoms with Crippen LogP contribution in [-0.4, -0.2) is 4.98 Å². The van der Waals surface area contributed by atoms with Gasteiger partial charge in [0.05, 0.1) is 12.0 Å². The summed E-state index contributed by atoms with van der Waals surface area (Å²) in [6.45, 7) is 7.57. The summed E-state index contributed by atoms with van der Waals surface area (Å²) in [7, 11) is 0. The largest absolute Gasteiger partial charge is 0.264 e. The van der Waals surface area contributed by atoms with Crippen molar-refractivity contribution in [3.8, 4) is 6.07 Å². The van der Waals surface area contributed by atoms with Gasteiger partial charge >= 0.3 is 0 Å². The van der Waals surface area contributed by atoms with E-state index in [1.165, 1.54) is 0 Å². The van der Waals surface area contributed by atoms with E-state index in [9.17, 15) is 0 Å². The van der Waals surface area contributed by atoms with Gasteiger partial charge in [-0.1, -0.05) is 24.8 Å². The summed E-state index contributed by atoms with van der Waals surface area (Å²) in [6, 6.07) is 2.22. The maximum Gasteiger partial charge on any atom is 0.0705 e. The Hall–Kier alpha value is -1.88. The van der Waals surface area contributed by atoms with Crippen molar-refractivity contribution in [1.29, 1.82) is 5.26 Å². The molecule has 1 rings (SSSR count). The van der Waals surface area contributed by atoms with Crippen LogP contribution in [-0.2, 0) is 0 Å². The van der Waals surface area contributed by atoms with Gasteiger partial charge in [0, 0.05) is 12.4 Å². The zero-order valence-corrected chi connectivity index (χ0v) is 9.07. The van der Waals surface area contributed by atoms with E-state index in [-0.39, 0.29) is 5.92 Å². The zero-order chi connectivity index (χ0) is 11.3. The molecule has 0 aliphatic rings. The molecule has 0 saturated heterocycles. The summed E-state index contributed by atoms with van der Waals surface area (Å²) in [4.78, 5) is 4.11. The molecule has 0 saturated carbocycles. The number of nitrogens with zero attached hydrogens (tertiary/aromatic N) is 2. The molecule has 0 radical (unpaired) electrons. The van der Waals surface area contributed by atoms with Crippen molar-refractivity contribution in [2.75, 3.05) is 0 Å². The second kappa shape index (κ2) is 5.11. The molecule has 0 N–H and O–H groups in total. The second-order valence-electron chi connectivity index (χ2n) is 3.29. The minimum Gasteiger partial charge on any atom is -0.264 e. The van der Waals surface area contributed by atoms with E-state index in [2.05, 4.69) is 17.6 Å². The van der Waals surface area contributed by atoms with Crippen LogP contribution in [0.4, 0.5) is 0 Å². The minimum absolute atomic E-state index is 0.149. The summed E-state index contributed by atoms with van der Waals surface area (Å²) in [5, 5.41) is 8.92. The number of rotatable bonds is 3. The Labute approximate surface area is 90.6 Å². The Balaban J connectivity index is 3.38. The fraction of sp³-hybridized carbons (Fsp3) is 0.231. The van der Waals surface area contributed by atoms with Crippen molar-refractivity contribution in [1.82, 2.24) is 4.98 Å². The molecule has 0 aliphatic heterocycles. The third-order valence-electron chi connectivity index (χ3n) is 2.26. The normalized spacial score (nSPS) is 12.3. The molecule has 15 heavy (non-hydrogen) atoms. The summed E-state index contributed by atoms with van der Waals surface area (Å²) in [6.07, 6.45) is 9.21. The molecule has 0 aliphatic carbocycles. The van der Waals surface area contributed by atoms with Gasteiger partial charge in [-0.15, -0.1) is 0 Å². The highest BCUT2D eigenvalue weighted by Gasteiger charge is 2.10. The maximum atomic E-state index is 8.92. The predicted molar refractivity (Wildman–Crippen MR) is 63.1 cm³/mol. The molecule has 1 atom stereocenters. The molecule has 2 nitrogen and oxygen atoms in total. The van der Waals surface area contributed by atoms with Gasteiger partial charge in [0.25, 0.3) is 0 Å². The SMILES string of the molecule is C=Cc1cncc(C(C)C#N)c1/C=C\C. The summed E-state index contributed by atoms with van der Waals surface area (Å²) < 4.78 is 0. The molecular weight excluding hydrogens is 184 g/mol. The van der Waals surface area contributed by atoms with Crippen molar-refractivity contribution >= 4 is 12.2 Å². The van der Waals surface area contributed by atoms with Gasteiger partial charge in [0.15, 0.2) is 0 Å². The van der Waals surface area contributed by atoms with Crippen LogP contribution in [0.25, 0.3) is 12.2 Å². The lowest BCUT2D eigenvalue weighted by atomic mass is 9.95. The average molecular weight is 198 g/mol. The number of pyridine rings is 1. The predicted octanol–water partition coefficient (Wildman–Crippen LogP) is 3.38. The van der Waals surface area contributed by atoms with E-state index < -0.39 is 0 Å². The molecule has 1 unspecified atom stereocenters. The first-order valence-electron chi connectivity index (χ1n) is 4.87. The fourth-order valence-electron chi connectivity index (χ4n) is 1.44. The highest BCUT2D eigenvalue weighted by atomic mass is 14.6. The van der Waals surface area contributed by atoms with Crippen molar-refractivity contribution in [2.45, 2.75) is 19.8 Å². The third kappa shape index (κ3) is 2.32. The molecule has 0 aromatic carbocycles. The van der Waals surface area contributed by atoms with Crippen molar-refractivity contribution < 1.29 is 0 Å². The van der Waals surface area contributed by atoms with Crippen LogP contribution >= 0.6 is 0 Å². The van der Waals surface area contributed by atoms with Gasteiger partial charge in [-0.2, -0.15) is 5.26 Å². The number of hydrogen-bond acceptors (Lipinski definition) is 2. The smallest absolute Gasteiger partial charge is 0.0705 e. The monoisotopic (exact) mass is 198 g/mol. The molecule has 1 aromatic rings. The van der Waals surface area contributed by atoms with Crippen LogP contribution in [0.3, 0.4) is 0 Å². The Kier molecular flexibility index (Phi) is 3.82. The first kappa shape index (κ1) is 11.2. The fourth-order valence-corrected chi connectivity index (χ4v) is 1.44. The van der Waals surface area contributed by atoms with E-state index in [0.29, 0.717) is 0 Å². The Morgan fingerprint density at radius 2 is 2.27 bits per heavy atom. The average Bonchev–Trinajstić information content (AvgIpc) is 2.28.